The smallest absolute Gasteiger partial charge is 0.343 e. The minimum absolute atomic E-state index is 0.0895. The van der Waals surface area contributed by atoms with Crippen LogP contribution < -0.4 is 4.74 Å². The van der Waals surface area contributed by atoms with Crippen molar-refractivity contribution in [2.24, 2.45) is 18.9 Å². The number of rotatable bonds is 3. The quantitative estimate of drug-likeness (QED) is 0.913. The van der Waals surface area contributed by atoms with Crippen LogP contribution in [0.4, 0.5) is 0 Å². The number of carbonyl (C=O) groups is 1. The van der Waals surface area contributed by atoms with Gasteiger partial charge in [-0.25, -0.2) is 9.48 Å². The van der Waals surface area contributed by atoms with Gasteiger partial charge in [-0.15, -0.1) is 0 Å². The van der Waals surface area contributed by atoms with Crippen LogP contribution in [0.1, 0.15) is 49.2 Å². The number of aryl methyl sites for hydroxylation is 2. The molecule has 0 bridgehead atoms. The summed E-state index contributed by atoms with van der Waals surface area (Å²) in [5.74, 6) is 0.654. The van der Waals surface area contributed by atoms with Gasteiger partial charge in [0.1, 0.15) is 11.7 Å². The first-order valence-electron chi connectivity index (χ1n) is 6.82. The van der Waals surface area contributed by atoms with Crippen LogP contribution >= 0.6 is 0 Å². The first-order valence-corrected chi connectivity index (χ1v) is 6.82. The lowest BCUT2D eigenvalue weighted by atomic mass is 9.82. The number of nitrogens with zero attached hydrogens (tertiary/aromatic N) is 2. The summed E-state index contributed by atoms with van der Waals surface area (Å²) >= 11 is 0. The Morgan fingerprint density at radius 3 is 2.42 bits per heavy atom. The van der Waals surface area contributed by atoms with Crippen molar-refractivity contribution >= 4 is 5.97 Å². The summed E-state index contributed by atoms with van der Waals surface area (Å²) < 4.78 is 7.49. The van der Waals surface area contributed by atoms with Crippen LogP contribution in [0.3, 0.4) is 0 Å². The number of hydrogen-bond acceptors (Lipinski definition) is 3. The molecule has 5 heteroatoms. The van der Waals surface area contributed by atoms with E-state index in [1.807, 2.05) is 0 Å². The van der Waals surface area contributed by atoms with Crippen molar-refractivity contribution in [2.75, 3.05) is 0 Å². The molecule has 1 saturated carbocycles. The monoisotopic (exact) mass is 266 g/mol. The Labute approximate surface area is 113 Å². The predicted molar refractivity (Wildman–Crippen MR) is 71.5 cm³/mol. The SMILES string of the molecule is Cc1nn(C)c(OC2CC(C)CC(C)C2)c1C(=O)O. The summed E-state index contributed by atoms with van der Waals surface area (Å²) in [6, 6.07) is 0. The molecule has 2 atom stereocenters. The van der Waals surface area contributed by atoms with Gasteiger partial charge >= 0.3 is 5.97 Å². The minimum atomic E-state index is -0.975. The van der Waals surface area contributed by atoms with Crippen molar-refractivity contribution in [3.05, 3.63) is 11.3 Å². The van der Waals surface area contributed by atoms with E-state index in [4.69, 9.17) is 4.74 Å². The normalized spacial score (nSPS) is 27.3. The minimum Gasteiger partial charge on any atom is -0.477 e. The van der Waals surface area contributed by atoms with Crippen molar-refractivity contribution < 1.29 is 14.6 Å². The zero-order valence-corrected chi connectivity index (χ0v) is 12.0. The Balaban J connectivity index is 2.21. The fourth-order valence-electron chi connectivity index (χ4n) is 3.15. The highest BCUT2D eigenvalue weighted by Gasteiger charge is 2.29. The molecule has 0 amide bonds. The molecule has 0 saturated heterocycles. The van der Waals surface area contributed by atoms with Crippen LogP contribution in [-0.4, -0.2) is 27.0 Å². The summed E-state index contributed by atoms with van der Waals surface area (Å²) in [5, 5.41) is 13.4. The molecule has 106 valence electrons. The lowest BCUT2D eigenvalue weighted by Gasteiger charge is -2.31. The number of aromatic carboxylic acids is 1. The lowest BCUT2D eigenvalue weighted by Crippen LogP contribution is -2.29. The van der Waals surface area contributed by atoms with E-state index in [1.165, 1.54) is 11.1 Å². The highest BCUT2D eigenvalue weighted by molar-refractivity contribution is 5.91. The lowest BCUT2D eigenvalue weighted by molar-refractivity contribution is 0.0667. The van der Waals surface area contributed by atoms with Crippen molar-refractivity contribution in [1.29, 1.82) is 0 Å². The average Bonchev–Trinajstić information content (AvgIpc) is 2.52. The summed E-state index contributed by atoms with van der Waals surface area (Å²) in [7, 11) is 1.73. The number of ether oxygens (including phenoxy) is 1. The third-order valence-electron chi connectivity index (χ3n) is 3.80. The van der Waals surface area contributed by atoms with Crippen LogP contribution in [0.2, 0.25) is 0 Å². The number of carboxylic acid groups (broad SMARTS) is 1. The highest BCUT2D eigenvalue weighted by Crippen LogP contribution is 2.32. The molecule has 1 N–H and O–H groups in total. The molecule has 0 spiro atoms. The van der Waals surface area contributed by atoms with Crippen molar-refractivity contribution in [3.8, 4) is 5.88 Å². The van der Waals surface area contributed by atoms with E-state index < -0.39 is 5.97 Å². The summed E-state index contributed by atoms with van der Waals surface area (Å²) in [4.78, 5) is 11.3. The van der Waals surface area contributed by atoms with Crippen molar-refractivity contribution in [2.45, 2.75) is 46.1 Å². The van der Waals surface area contributed by atoms with Crippen LogP contribution in [0.15, 0.2) is 0 Å². The molecule has 19 heavy (non-hydrogen) atoms. The third kappa shape index (κ3) is 2.91. The second-order valence-corrected chi connectivity index (χ2v) is 5.85. The Bertz CT molecular complexity index is 471. The number of hydrogen-bond donors (Lipinski definition) is 1. The van der Waals surface area contributed by atoms with E-state index in [9.17, 15) is 9.90 Å². The molecule has 0 radical (unpaired) electrons. The molecule has 1 aromatic heterocycles. The molecule has 1 aliphatic carbocycles. The largest absolute Gasteiger partial charge is 0.477 e. The maximum Gasteiger partial charge on any atom is 0.343 e. The molecule has 2 unspecified atom stereocenters. The first kappa shape index (κ1) is 13.9. The molecule has 1 fully saturated rings. The standard InChI is InChI=1S/C14H22N2O3/c1-8-5-9(2)7-11(6-8)19-13-12(14(17)18)10(3)15-16(13)4/h8-9,11H,5-7H2,1-4H3,(H,17,18). The van der Waals surface area contributed by atoms with Gasteiger partial charge in [0.25, 0.3) is 0 Å². The predicted octanol–water partition coefficient (Wildman–Crippen LogP) is 2.63. The van der Waals surface area contributed by atoms with E-state index >= 15 is 0 Å². The van der Waals surface area contributed by atoms with Gasteiger partial charge in [0.05, 0.1) is 5.69 Å². The van der Waals surface area contributed by atoms with Crippen LogP contribution in [0, 0.1) is 18.8 Å². The Morgan fingerprint density at radius 1 is 1.32 bits per heavy atom. The second-order valence-electron chi connectivity index (χ2n) is 5.85. The van der Waals surface area contributed by atoms with Gasteiger partial charge in [0.15, 0.2) is 0 Å². The molecule has 5 nitrogen and oxygen atoms in total. The second kappa shape index (κ2) is 5.23. The first-order chi connectivity index (χ1) is 8.88. The van der Waals surface area contributed by atoms with Gasteiger partial charge in [-0.3, -0.25) is 0 Å². The van der Waals surface area contributed by atoms with E-state index in [2.05, 4.69) is 18.9 Å². The summed E-state index contributed by atoms with van der Waals surface area (Å²) in [5.41, 5.74) is 0.690. The van der Waals surface area contributed by atoms with E-state index in [0.717, 1.165) is 12.8 Å². The number of aromatic nitrogens is 2. The summed E-state index contributed by atoms with van der Waals surface area (Å²) in [6.45, 7) is 6.14. The molecule has 1 aromatic rings. The molecular weight excluding hydrogens is 244 g/mol. The molecule has 1 aliphatic rings. The fraction of sp³-hybridized carbons (Fsp3) is 0.714. The highest BCUT2D eigenvalue weighted by atomic mass is 16.5. The molecule has 2 rings (SSSR count). The Kier molecular flexibility index (Phi) is 3.83. The fourth-order valence-corrected chi connectivity index (χ4v) is 3.15. The van der Waals surface area contributed by atoms with Gasteiger partial charge in [-0.05, 0) is 38.0 Å². The van der Waals surface area contributed by atoms with Gasteiger partial charge in [0, 0.05) is 7.05 Å². The van der Waals surface area contributed by atoms with E-state index in [1.54, 1.807) is 14.0 Å². The molecular formula is C14H22N2O3. The van der Waals surface area contributed by atoms with Gasteiger partial charge < -0.3 is 9.84 Å². The topological polar surface area (TPSA) is 64.4 Å². The van der Waals surface area contributed by atoms with Crippen LogP contribution in [-0.2, 0) is 7.05 Å². The number of carboxylic acids is 1. The maximum absolute atomic E-state index is 11.3. The molecule has 1 heterocycles. The van der Waals surface area contributed by atoms with Crippen molar-refractivity contribution in [1.82, 2.24) is 9.78 Å². The van der Waals surface area contributed by atoms with Gasteiger partial charge in [0.2, 0.25) is 5.88 Å². The van der Waals surface area contributed by atoms with E-state index in [-0.39, 0.29) is 11.7 Å². The average molecular weight is 266 g/mol. The van der Waals surface area contributed by atoms with Crippen molar-refractivity contribution in [3.63, 3.8) is 0 Å². The van der Waals surface area contributed by atoms with E-state index in [0.29, 0.717) is 23.4 Å². The third-order valence-corrected chi connectivity index (χ3v) is 3.80. The molecule has 0 aliphatic heterocycles. The van der Waals surface area contributed by atoms with Crippen LogP contribution in [0.5, 0.6) is 5.88 Å². The zero-order valence-electron chi connectivity index (χ0n) is 12.0. The van der Waals surface area contributed by atoms with Gasteiger partial charge in [-0.1, -0.05) is 13.8 Å². The Morgan fingerprint density at radius 2 is 1.89 bits per heavy atom. The zero-order chi connectivity index (χ0) is 14.2. The van der Waals surface area contributed by atoms with Gasteiger partial charge in [-0.2, -0.15) is 5.10 Å². The maximum atomic E-state index is 11.3. The summed E-state index contributed by atoms with van der Waals surface area (Å²) in [6.07, 6.45) is 3.27. The van der Waals surface area contributed by atoms with Crippen LogP contribution in [0.25, 0.3) is 0 Å². The molecule has 0 aromatic carbocycles. The Hall–Kier alpha value is -1.52.